The zero-order valence-corrected chi connectivity index (χ0v) is 15.8. The molecule has 0 saturated heterocycles. The number of benzene rings is 2. The highest BCUT2D eigenvalue weighted by Gasteiger charge is 2.22. The molecule has 7 heteroatoms. The third kappa shape index (κ3) is 5.13. The molecule has 27 heavy (non-hydrogen) atoms. The van der Waals surface area contributed by atoms with Crippen molar-refractivity contribution in [1.29, 1.82) is 0 Å². The summed E-state index contributed by atoms with van der Waals surface area (Å²) in [6.07, 6.45) is 2.31. The number of hydrogen-bond donors (Lipinski definition) is 2. The molecule has 0 radical (unpaired) electrons. The molecular formula is C20H24N6O. The van der Waals surface area contributed by atoms with Crippen molar-refractivity contribution in [2.45, 2.75) is 33.2 Å². The molecule has 2 amide bonds. The summed E-state index contributed by atoms with van der Waals surface area (Å²) in [6, 6.07) is 17.0. The van der Waals surface area contributed by atoms with E-state index in [1.165, 1.54) is 11.0 Å². The number of urea groups is 1. The second kappa shape index (κ2) is 7.99. The standard InChI is InChI=1S/C20H24N6O/c1-20(2,3)13-17(15-9-5-4-6-10-15)23-19(27)22-16-11-7-8-12-18(16)26-14-21-24-25-26/h4-12,14,17H,13H2,1-3H3,(H2,22,23,27). The minimum absolute atomic E-state index is 0.0676. The second-order valence-corrected chi connectivity index (χ2v) is 7.60. The van der Waals surface area contributed by atoms with Gasteiger partial charge in [0.1, 0.15) is 6.33 Å². The van der Waals surface area contributed by atoms with Crippen molar-refractivity contribution in [1.82, 2.24) is 25.5 Å². The number of nitrogens with zero attached hydrogens (tertiary/aromatic N) is 4. The van der Waals surface area contributed by atoms with Gasteiger partial charge in [-0.25, -0.2) is 4.79 Å². The Morgan fingerprint density at radius 1 is 1.07 bits per heavy atom. The van der Waals surface area contributed by atoms with Crippen LogP contribution in [0.2, 0.25) is 0 Å². The van der Waals surface area contributed by atoms with Gasteiger partial charge in [-0.1, -0.05) is 63.2 Å². The van der Waals surface area contributed by atoms with E-state index in [0.717, 1.165) is 12.0 Å². The van der Waals surface area contributed by atoms with Crippen LogP contribution in [0.5, 0.6) is 0 Å². The summed E-state index contributed by atoms with van der Waals surface area (Å²) in [7, 11) is 0. The van der Waals surface area contributed by atoms with Gasteiger partial charge < -0.3 is 10.6 Å². The molecule has 1 atom stereocenters. The van der Waals surface area contributed by atoms with E-state index in [1.807, 2.05) is 54.6 Å². The first-order valence-corrected chi connectivity index (χ1v) is 8.87. The van der Waals surface area contributed by atoms with Crippen LogP contribution in [0.25, 0.3) is 5.69 Å². The zero-order valence-electron chi connectivity index (χ0n) is 15.8. The Morgan fingerprint density at radius 2 is 1.78 bits per heavy atom. The van der Waals surface area contributed by atoms with Gasteiger partial charge in [-0.2, -0.15) is 4.68 Å². The number of nitrogens with one attached hydrogen (secondary N) is 2. The lowest BCUT2D eigenvalue weighted by Gasteiger charge is -2.27. The number of hydrogen-bond acceptors (Lipinski definition) is 4. The van der Waals surface area contributed by atoms with Crippen molar-refractivity contribution >= 4 is 11.7 Å². The number of tetrazole rings is 1. The minimum Gasteiger partial charge on any atom is -0.331 e. The van der Waals surface area contributed by atoms with Gasteiger partial charge in [0.05, 0.1) is 17.4 Å². The maximum atomic E-state index is 12.7. The molecule has 3 aromatic rings. The van der Waals surface area contributed by atoms with Gasteiger partial charge in [-0.3, -0.25) is 0 Å². The Morgan fingerprint density at radius 3 is 2.44 bits per heavy atom. The van der Waals surface area contributed by atoms with Crippen LogP contribution in [-0.4, -0.2) is 26.2 Å². The van der Waals surface area contributed by atoms with E-state index < -0.39 is 0 Å². The van der Waals surface area contributed by atoms with Crippen LogP contribution < -0.4 is 10.6 Å². The molecule has 140 valence electrons. The van der Waals surface area contributed by atoms with Gasteiger partial charge in [-0.15, -0.1) is 5.10 Å². The Bertz CT molecular complexity index is 871. The predicted octanol–water partition coefficient (Wildman–Crippen LogP) is 3.96. The minimum atomic E-state index is -0.270. The summed E-state index contributed by atoms with van der Waals surface area (Å²) in [5.41, 5.74) is 2.48. The van der Waals surface area contributed by atoms with Crippen LogP contribution in [0.3, 0.4) is 0 Å². The molecule has 0 saturated carbocycles. The third-order valence-corrected chi connectivity index (χ3v) is 4.07. The summed E-state index contributed by atoms with van der Waals surface area (Å²) in [4.78, 5) is 12.7. The van der Waals surface area contributed by atoms with Crippen LogP contribution in [0.15, 0.2) is 60.9 Å². The summed E-state index contributed by atoms with van der Waals surface area (Å²) < 4.78 is 1.51. The van der Waals surface area contributed by atoms with E-state index in [4.69, 9.17) is 0 Å². The SMILES string of the molecule is CC(C)(C)CC(NC(=O)Nc1ccccc1-n1cnnn1)c1ccccc1. The molecule has 2 N–H and O–H groups in total. The largest absolute Gasteiger partial charge is 0.331 e. The van der Waals surface area contributed by atoms with Crippen LogP contribution in [-0.2, 0) is 0 Å². The number of anilines is 1. The number of para-hydroxylation sites is 2. The van der Waals surface area contributed by atoms with Gasteiger partial charge in [0.25, 0.3) is 0 Å². The third-order valence-electron chi connectivity index (χ3n) is 4.07. The molecule has 7 nitrogen and oxygen atoms in total. The van der Waals surface area contributed by atoms with E-state index in [0.29, 0.717) is 11.4 Å². The Labute approximate surface area is 158 Å². The Hall–Kier alpha value is -3.22. The average Bonchev–Trinajstić information content (AvgIpc) is 3.16. The van der Waals surface area contributed by atoms with Crippen molar-refractivity contribution in [3.63, 3.8) is 0 Å². The molecule has 0 fully saturated rings. The van der Waals surface area contributed by atoms with Crippen LogP contribution in [0.4, 0.5) is 10.5 Å². The van der Waals surface area contributed by atoms with E-state index >= 15 is 0 Å². The van der Waals surface area contributed by atoms with Crippen molar-refractivity contribution in [2.75, 3.05) is 5.32 Å². The number of carbonyl (C=O) groups is 1. The average molecular weight is 364 g/mol. The van der Waals surface area contributed by atoms with Gasteiger partial charge in [-0.05, 0) is 40.0 Å². The van der Waals surface area contributed by atoms with E-state index in [1.54, 1.807) is 0 Å². The van der Waals surface area contributed by atoms with Crippen molar-refractivity contribution in [3.05, 3.63) is 66.5 Å². The molecule has 0 aliphatic carbocycles. The highest BCUT2D eigenvalue weighted by Crippen LogP contribution is 2.29. The first-order valence-electron chi connectivity index (χ1n) is 8.87. The summed E-state index contributed by atoms with van der Waals surface area (Å²) >= 11 is 0. The molecule has 0 aliphatic heterocycles. The summed E-state index contributed by atoms with van der Waals surface area (Å²) in [6.45, 7) is 6.49. The van der Waals surface area contributed by atoms with Crippen LogP contribution in [0.1, 0.15) is 38.8 Å². The zero-order chi connectivity index (χ0) is 19.3. The van der Waals surface area contributed by atoms with Crippen molar-refractivity contribution in [3.8, 4) is 5.69 Å². The van der Waals surface area contributed by atoms with Crippen LogP contribution in [0, 0.1) is 5.41 Å². The maximum absolute atomic E-state index is 12.7. The fourth-order valence-corrected chi connectivity index (χ4v) is 2.92. The van der Waals surface area contributed by atoms with E-state index in [9.17, 15) is 4.79 Å². The lowest BCUT2D eigenvalue weighted by Crippen LogP contribution is -2.34. The maximum Gasteiger partial charge on any atom is 0.319 e. The van der Waals surface area contributed by atoms with Crippen molar-refractivity contribution < 1.29 is 4.79 Å². The Balaban J connectivity index is 1.77. The lowest BCUT2D eigenvalue weighted by molar-refractivity contribution is 0.241. The molecule has 1 heterocycles. The summed E-state index contributed by atoms with van der Waals surface area (Å²) in [5, 5.41) is 17.2. The fraction of sp³-hybridized carbons (Fsp3) is 0.300. The van der Waals surface area contributed by atoms with Gasteiger partial charge in [0, 0.05) is 0 Å². The molecule has 3 rings (SSSR count). The molecule has 0 aliphatic rings. The number of amides is 2. The molecule has 2 aromatic carbocycles. The second-order valence-electron chi connectivity index (χ2n) is 7.60. The number of carbonyl (C=O) groups excluding carboxylic acids is 1. The smallest absolute Gasteiger partial charge is 0.319 e. The predicted molar refractivity (Wildman–Crippen MR) is 105 cm³/mol. The first kappa shape index (κ1) is 18.6. The number of rotatable bonds is 5. The Kier molecular flexibility index (Phi) is 5.49. The first-order chi connectivity index (χ1) is 12.9. The molecule has 1 aromatic heterocycles. The van der Waals surface area contributed by atoms with Gasteiger partial charge >= 0.3 is 6.03 Å². The van der Waals surface area contributed by atoms with Gasteiger partial charge in [0.15, 0.2) is 0 Å². The fourth-order valence-electron chi connectivity index (χ4n) is 2.92. The van der Waals surface area contributed by atoms with Gasteiger partial charge in [0.2, 0.25) is 0 Å². The van der Waals surface area contributed by atoms with Crippen LogP contribution >= 0.6 is 0 Å². The van der Waals surface area contributed by atoms with Crippen molar-refractivity contribution in [2.24, 2.45) is 5.41 Å². The lowest BCUT2D eigenvalue weighted by atomic mass is 9.85. The highest BCUT2D eigenvalue weighted by molar-refractivity contribution is 5.91. The molecule has 1 unspecified atom stereocenters. The van der Waals surface area contributed by atoms with E-state index in [-0.39, 0.29) is 17.5 Å². The summed E-state index contributed by atoms with van der Waals surface area (Å²) in [5.74, 6) is 0. The monoisotopic (exact) mass is 364 g/mol. The molecule has 0 bridgehead atoms. The normalized spacial score (nSPS) is 12.4. The highest BCUT2D eigenvalue weighted by atomic mass is 16.2. The topological polar surface area (TPSA) is 84.7 Å². The quantitative estimate of drug-likeness (QED) is 0.717. The molecular weight excluding hydrogens is 340 g/mol. The number of aromatic nitrogens is 4. The van der Waals surface area contributed by atoms with E-state index in [2.05, 4.69) is 46.9 Å². The molecule has 0 spiro atoms.